The zero-order chi connectivity index (χ0) is 26.7. The van der Waals surface area contributed by atoms with E-state index in [1.807, 2.05) is 45.0 Å². The summed E-state index contributed by atoms with van der Waals surface area (Å²) in [5, 5.41) is 0. The van der Waals surface area contributed by atoms with Crippen LogP contribution in [0.5, 0.6) is 5.75 Å². The minimum Gasteiger partial charge on any atom is -0.488 e. The number of ketones is 1. The monoisotopic (exact) mass is 541 g/mol. The molecule has 1 aromatic heterocycles. The Morgan fingerprint density at radius 3 is 2.65 bits per heavy atom. The Labute approximate surface area is 222 Å². The van der Waals surface area contributed by atoms with Crippen LogP contribution in [0.15, 0.2) is 59.5 Å². The number of hydrogen-bond acceptors (Lipinski definition) is 7. The van der Waals surface area contributed by atoms with Gasteiger partial charge >= 0.3 is 0 Å². The molecule has 0 aliphatic carbocycles. The molecule has 1 aliphatic rings. The number of hydrogen-bond donors (Lipinski definition) is 0. The third kappa shape index (κ3) is 5.63. The maximum absolute atomic E-state index is 13.7. The summed E-state index contributed by atoms with van der Waals surface area (Å²) in [6, 6.07) is 16.3. The van der Waals surface area contributed by atoms with Crippen LogP contribution in [-0.4, -0.2) is 43.7 Å². The molecule has 37 heavy (non-hydrogen) atoms. The molecule has 3 aromatic rings. The Hall–Kier alpha value is -3.01. The van der Waals surface area contributed by atoms with Gasteiger partial charge < -0.3 is 9.47 Å². The second-order valence-corrected chi connectivity index (χ2v) is 12.3. The summed E-state index contributed by atoms with van der Waals surface area (Å²) < 4.78 is 40.2. The average molecular weight is 542 g/mol. The van der Waals surface area contributed by atoms with E-state index in [2.05, 4.69) is 0 Å². The third-order valence-electron chi connectivity index (χ3n) is 6.72. The normalized spacial score (nSPS) is 18.6. The molecule has 0 fully saturated rings. The van der Waals surface area contributed by atoms with E-state index in [1.165, 1.54) is 22.6 Å². The number of fused-ring (bicyclic) bond motifs is 1. The van der Waals surface area contributed by atoms with Crippen molar-refractivity contribution >= 4 is 33.6 Å². The smallest absolute Gasteiger partial charge is 0.293 e. The zero-order valence-electron chi connectivity index (χ0n) is 21.3. The highest BCUT2D eigenvalue weighted by atomic mass is 32.2. The van der Waals surface area contributed by atoms with E-state index in [0.29, 0.717) is 23.5 Å². The van der Waals surface area contributed by atoms with E-state index in [9.17, 15) is 18.0 Å². The van der Waals surface area contributed by atoms with Crippen LogP contribution in [0.4, 0.5) is 0 Å². The minimum absolute atomic E-state index is 0.0251. The molecule has 0 radical (unpaired) electrons. The molecule has 2 aromatic carbocycles. The number of ether oxygens (including phenoxy) is 2. The Morgan fingerprint density at radius 1 is 1.22 bits per heavy atom. The van der Waals surface area contributed by atoms with E-state index in [4.69, 9.17) is 9.47 Å². The fourth-order valence-electron chi connectivity index (χ4n) is 4.59. The molecule has 196 valence electrons. The molecule has 3 atom stereocenters. The first-order valence-corrected chi connectivity index (χ1v) is 14.5. The number of carbonyl (C=O) groups is 2. The molecule has 0 unspecified atom stereocenters. The van der Waals surface area contributed by atoms with Gasteiger partial charge in [0.05, 0.1) is 17.3 Å². The molecule has 0 saturated carbocycles. The molecule has 0 saturated heterocycles. The quantitative estimate of drug-likeness (QED) is 0.269. The summed E-state index contributed by atoms with van der Waals surface area (Å²) in [7, 11) is -3.79. The zero-order valence-corrected chi connectivity index (χ0v) is 23.0. The summed E-state index contributed by atoms with van der Waals surface area (Å²) in [6.07, 6.45) is -0.0937. The summed E-state index contributed by atoms with van der Waals surface area (Å²) in [6.45, 7) is 8.10. The maximum atomic E-state index is 13.7. The van der Waals surface area contributed by atoms with Gasteiger partial charge in [0.1, 0.15) is 22.9 Å². The van der Waals surface area contributed by atoms with Crippen molar-refractivity contribution in [1.29, 1.82) is 0 Å². The van der Waals surface area contributed by atoms with Crippen LogP contribution in [0, 0.1) is 6.92 Å². The van der Waals surface area contributed by atoms with Crippen LogP contribution >= 0.6 is 11.3 Å². The van der Waals surface area contributed by atoms with Crippen LogP contribution < -0.4 is 4.74 Å². The summed E-state index contributed by atoms with van der Waals surface area (Å²) in [5.41, 5.74) is 2.67. The minimum atomic E-state index is -3.79. The molecular formula is C28H31NO6S2. The van der Waals surface area contributed by atoms with Crippen LogP contribution in [-0.2, 0) is 26.1 Å². The molecular weight excluding hydrogens is 510 g/mol. The van der Waals surface area contributed by atoms with Gasteiger partial charge in [-0.05, 0) is 68.1 Å². The number of thiophene rings is 1. The lowest BCUT2D eigenvalue weighted by atomic mass is 9.90. The molecule has 1 aliphatic heterocycles. The van der Waals surface area contributed by atoms with E-state index in [1.54, 1.807) is 30.3 Å². The molecule has 9 heteroatoms. The van der Waals surface area contributed by atoms with Gasteiger partial charge in [-0.15, -0.1) is 11.3 Å². The average Bonchev–Trinajstić information content (AvgIpc) is 3.31. The highest BCUT2D eigenvalue weighted by molar-refractivity contribution is 7.89. The topological polar surface area (TPSA) is 90.0 Å². The van der Waals surface area contributed by atoms with Gasteiger partial charge in [0.2, 0.25) is 10.0 Å². The Kier molecular flexibility index (Phi) is 8.16. The number of benzene rings is 2. The van der Waals surface area contributed by atoms with Crippen LogP contribution in [0.3, 0.4) is 0 Å². The number of aryl methyl sites for hydroxylation is 1. The van der Waals surface area contributed by atoms with Gasteiger partial charge in [0, 0.05) is 11.4 Å². The van der Waals surface area contributed by atoms with Crippen molar-refractivity contribution in [2.45, 2.75) is 63.7 Å². The highest BCUT2D eigenvalue weighted by Gasteiger charge is 2.34. The summed E-state index contributed by atoms with van der Waals surface area (Å²) in [4.78, 5) is 24.8. The fraction of sp³-hybridized carbons (Fsp3) is 0.357. The standard InChI is InChI=1S/C28H31NO6S2/c1-5-23-16-29(37(32,33)27-9-7-6-8-24(27)35-23)15-22-14-21(11-10-18(22)2)28(20(4)34-17-30)26-13-12-25(36-26)19(3)31/h6-14,17,20,23,28H,5,15-16H2,1-4H3/t20-,23+,28-/m0/s1. The number of nitrogens with zero attached hydrogens (tertiary/aromatic N) is 1. The SMILES string of the molecule is CC[C@@H]1CN(Cc2cc([C@@H](c3ccc(C(C)=O)s3)[C@H](C)OC=O)ccc2C)S(=O)(=O)c2ccccc2O1. The van der Waals surface area contributed by atoms with Gasteiger partial charge in [-0.25, -0.2) is 8.42 Å². The van der Waals surface area contributed by atoms with Crippen molar-refractivity contribution in [3.05, 3.63) is 81.0 Å². The molecule has 4 rings (SSSR count). The number of carbonyl (C=O) groups excluding carboxylic acids is 2. The van der Waals surface area contributed by atoms with Gasteiger partial charge in [0.15, 0.2) is 5.78 Å². The van der Waals surface area contributed by atoms with Gasteiger partial charge in [-0.1, -0.05) is 37.3 Å². The van der Waals surface area contributed by atoms with Crippen molar-refractivity contribution in [2.24, 2.45) is 0 Å². The van der Waals surface area contributed by atoms with Crippen molar-refractivity contribution in [1.82, 2.24) is 4.31 Å². The maximum Gasteiger partial charge on any atom is 0.293 e. The number of rotatable bonds is 9. The van der Waals surface area contributed by atoms with Crippen molar-refractivity contribution < 1.29 is 27.5 Å². The van der Waals surface area contributed by atoms with E-state index in [0.717, 1.165) is 21.6 Å². The molecule has 0 N–H and O–H groups in total. The van der Waals surface area contributed by atoms with E-state index in [-0.39, 0.29) is 35.8 Å². The van der Waals surface area contributed by atoms with Crippen LogP contribution in [0.2, 0.25) is 0 Å². The van der Waals surface area contributed by atoms with Crippen LogP contribution in [0.1, 0.15) is 64.3 Å². The Balaban J connectivity index is 1.74. The van der Waals surface area contributed by atoms with Gasteiger partial charge in [-0.3, -0.25) is 9.59 Å². The predicted molar refractivity (Wildman–Crippen MR) is 143 cm³/mol. The number of sulfonamides is 1. The molecule has 0 amide bonds. The van der Waals surface area contributed by atoms with Crippen molar-refractivity contribution in [3.8, 4) is 5.75 Å². The lowest BCUT2D eigenvalue weighted by Crippen LogP contribution is -2.36. The highest BCUT2D eigenvalue weighted by Crippen LogP contribution is 2.37. The number of Topliss-reactive ketones (excluding diaryl/α,β-unsaturated/α-hetero) is 1. The second-order valence-electron chi connectivity index (χ2n) is 9.25. The molecule has 2 heterocycles. The first kappa shape index (κ1) is 27.0. The summed E-state index contributed by atoms with van der Waals surface area (Å²) >= 11 is 1.37. The molecule has 7 nitrogen and oxygen atoms in total. The largest absolute Gasteiger partial charge is 0.488 e. The van der Waals surface area contributed by atoms with Gasteiger partial charge in [0.25, 0.3) is 6.47 Å². The lowest BCUT2D eigenvalue weighted by Gasteiger charge is -2.26. The van der Waals surface area contributed by atoms with Crippen LogP contribution in [0.25, 0.3) is 0 Å². The Bertz CT molecular complexity index is 1400. The second kappa shape index (κ2) is 11.2. The Morgan fingerprint density at radius 2 is 1.97 bits per heavy atom. The lowest BCUT2D eigenvalue weighted by molar-refractivity contribution is -0.133. The third-order valence-corrected chi connectivity index (χ3v) is 9.84. The predicted octanol–water partition coefficient (Wildman–Crippen LogP) is 5.31. The first-order valence-electron chi connectivity index (χ1n) is 12.2. The van der Waals surface area contributed by atoms with Crippen molar-refractivity contribution in [3.63, 3.8) is 0 Å². The first-order chi connectivity index (χ1) is 17.6. The van der Waals surface area contributed by atoms with Gasteiger partial charge in [-0.2, -0.15) is 4.31 Å². The molecule has 0 spiro atoms. The summed E-state index contributed by atoms with van der Waals surface area (Å²) in [5.74, 6) is 0.0416. The van der Waals surface area contributed by atoms with E-state index >= 15 is 0 Å². The molecule has 0 bridgehead atoms. The fourth-order valence-corrected chi connectivity index (χ4v) is 7.29. The van der Waals surface area contributed by atoms with E-state index < -0.39 is 16.1 Å². The van der Waals surface area contributed by atoms with Crippen molar-refractivity contribution in [2.75, 3.05) is 6.54 Å². The number of para-hydroxylation sites is 1.